The van der Waals surface area contributed by atoms with Crippen LogP contribution in [0.4, 0.5) is 0 Å². The Kier molecular flexibility index (Phi) is 3.85. The molecule has 1 aromatic rings. The molecule has 3 fully saturated rings. The SMILES string of the molecule is CC(C)[C@@H]1CO[C@@]23CCN(Cc4ccc(C(=O)O)cc4)[C@@H]2CC(=O)N13. The molecule has 3 atom stereocenters. The molecule has 0 radical (unpaired) electrons. The largest absolute Gasteiger partial charge is 0.478 e. The standard InChI is InChI=1S/C19H24N2O4/c1-12(2)15-11-25-19-7-8-20(16(19)9-17(22)21(15)19)10-13-3-5-14(6-4-13)18(23)24/h3-6,12,15-16H,7-11H2,1-2H3,(H,23,24)/t15-,16+,19-/m0/s1. The van der Waals surface area contributed by atoms with Crippen molar-refractivity contribution in [2.24, 2.45) is 5.92 Å². The van der Waals surface area contributed by atoms with Crippen LogP contribution in [0, 0.1) is 5.92 Å². The number of hydrogen-bond donors (Lipinski definition) is 1. The van der Waals surface area contributed by atoms with Crippen LogP contribution < -0.4 is 0 Å². The second-order valence-corrected chi connectivity index (χ2v) is 7.67. The molecule has 0 saturated carbocycles. The quantitative estimate of drug-likeness (QED) is 0.904. The number of nitrogens with zero attached hydrogens (tertiary/aromatic N) is 2. The van der Waals surface area contributed by atoms with E-state index in [1.54, 1.807) is 12.1 Å². The molecule has 1 N–H and O–H groups in total. The first-order chi connectivity index (χ1) is 11.9. The molecule has 0 bridgehead atoms. The van der Waals surface area contributed by atoms with Gasteiger partial charge in [0.1, 0.15) is 0 Å². The first-order valence-electron chi connectivity index (χ1n) is 8.95. The number of carbonyl (C=O) groups is 2. The number of ether oxygens (including phenoxy) is 1. The summed E-state index contributed by atoms with van der Waals surface area (Å²) in [6.45, 7) is 6.51. The molecule has 3 aliphatic rings. The van der Waals surface area contributed by atoms with Crippen LogP contribution in [0.15, 0.2) is 24.3 Å². The molecule has 3 aliphatic heterocycles. The van der Waals surface area contributed by atoms with Crippen molar-refractivity contribution in [2.75, 3.05) is 13.2 Å². The number of carboxylic acid groups (broad SMARTS) is 1. The summed E-state index contributed by atoms with van der Waals surface area (Å²) in [7, 11) is 0. The summed E-state index contributed by atoms with van der Waals surface area (Å²) in [4.78, 5) is 28.0. The van der Waals surface area contributed by atoms with E-state index in [9.17, 15) is 9.59 Å². The van der Waals surface area contributed by atoms with Gasteiger partial charge in [-0.3, -0.25) is 9.69 Å². The first-order valence-corrected chi connectivity index (χ1v) is 8.95. The monoisotopic (exact) mass is 344 g/mol. The first kappa shape index (κ1) is 16.5. The van der Waals surface area contributed by atoms with Crippen LogP contribution in [0.1, 0.15) is 42.6 Å². The summed E-state index contributed by atoms with van der Waals surface area (Å²) < 4.78 is 6.24. The summed E-state index contributed by atoms with van der Waals surface area (Å²) in [6, 6.07) is 7.24. The highest BCUT2D eigenvalue weighted by Crippen LogP contribution is 2.49. The third-order valence-electron chi connectivity index (χ3n) is 5.95. The maximum atomic E-state index is 12.7. The van der Waals surface area contributed by atoms with Gasteiger partial charge in [0.25, 0.3) is 0 Å². The molecular formula is C19H24N2O4. The summed E-state index contributed by atoms with van der Waals surface area (Å²) >= 11 is 0. The Morgan fingerprint density at radius 2 is 2.08 bits per heavy atom. The van der Waals surface area contributed by atoms with E-state index in [-0.39, 0.29) is 18.0 Å². The molecule has 0 aliphatic carbocycles. The summed E-state index contributed by atoms with van der Waals surface area (Å²) in [5, 5.41) is 9.01. The predicted molar refractivity (Wildman–Crippen MR) is 91.0 cm³/mol. The van der Waals surface area contributed by atoms with Gasteiger partial charge in [-0.25, -0.2) is 4.79 Å². The lowest BCUT2D eigenvalue weighted by Gasteiger charge is -2.34. The van der Waals surface area contributed by atoms with E-state index in [4.69, 9.17) is 9.84 Å². The maximum absolute atomic E-state index is 12.7. The van der Waals surface area contributed by atoms with Gasteiger partial charge in [-0.15, -0.1) is 0 Å². The van der Waals surface area contributed by atoms with Gasteiger partial charge in [-0.05, 0) is 23.6 Å². The lowest BCUT2D eigenvalue weighted by atomic mass is 10.0. The minimum atomic E-state index is -0.914. The summed E-state index contributed by atoms with van der Waals surface area (Å²) in [6.07, 6.45) is 1.36. The van der Waals surface area contributed by atoms with Crippen LogP contribution in [0.3, 0.4) is 0 Å². The zero-order valence-corrected chi connectivity index (χ0v) is 14.6. The smallest absolute Gasteiger partial charge is 0.335 e. The van der Waals surface area contributed by atoms with E-state index in [1.807, 2.05) is 17.0 Å². The molecule has 0 aromatic heterocycles. The van der Waals surface area contributed by atoms with Gasteiger partial charge in [0, 0.05) is 25.9 Å². The Bertz CT molecular complexity index is 702. The van der Waals surface area contributed by atoms with Crippen molar-refractivity contribution >= 4 is 11.9 Å². The van der Waals surface area contributed by atoms with Crippen molar-refractivity contribution in [3.8, 4) is 0 Å². The van der Waals surface area contributed by atoms with E-state index in [1.165, 1.54) is 0 Å². The van der Waals surface area contributed by atoms with Crippen molar-refractivity contribution in [1.82, 2.24) is 9.80 Å². The van der Waals surface area contributed by atoms with Crippen LogP contribution in [-0.4, -0.2) is 57.7 Å². The van der Waals surface area contributed by atoms with Gasteiger partial charge < -0.3 is 14.7 Å². The van der Waals surface area contributed by atoms with Crippen LogP contribution in [-0.2, 0) is 16.1 Å². The Morgan fingerprint density at radius 1 is 1.36 bits per heavy atom. The number of rotatable bonds is 4. The van der Waals surface area contributed by atoms with Gasteiger partial charge >= 0.3 is 5.97 Å². The fourth-order valence-electron chi connectivity index (χ4n) is 4.63. The second kappa shape index (κ2) is 5.81. The van der Waals surface area contributed by atoms with Crippen LogP contribution >= 0.6 is 0 Å². The normalized spacial score (nSPS) is 31.6. The molecule has 0 unspecified atom stereocenters. The molecule has 4 rings (SSSR count). The molecular weight excluding hydrogens is 320 g/mol. The summed E-state index contributed by atoms with van der Waals surface area (Å²) in [5.41, 5.74) is 0.904. The molecule has 1 aromatic carbocycles. The highest BCUT2D eigenvalue weighted by molar-refractivity contribution is 5.87. The van der Waals surface area contributed by atoms with E-state index >= 15 is 0 Å². The van der Waals surface area contributed by atoms with Gasteiger partial charge in [0.2, 0.25) is 5.91 Å². The number of amides is 1. The van der Waals surface area contributed by atoms with Gasteiger partial charge in [0.05, 0.1) is 24.3 Å². The zero-order chi connectivity index (χ0) is 17.8. The molecule has 6 heteroatoms. The molecule has 25 heavy (non-hydrogen) atoms. The Labute approximate surface area is 147 Å². The predicted octanol–water partition coefficient (Wildman–Crippen LogP) is 1.94. The average Bonchev–Trinajstić information content (AvgIpc) is 3.19. The van der Waals surface area contributed by atoms with Crippen molar-refractivity contribution in [3.63, 3.8) is 0 Å². The van der Waals surface area contributed by atoms with E-state index in [0.717, 1.165) is 18.5 Å². The highest BCUT2D eigenvalue weighted by Gasteiger charge is 2.64. The van der Waals surface area contributed by atoms with Crippen molar-refractivity contribution in [1.29, 1.82) is 0 Å². The number of carboxylic acids is 1. The topological polar surface area (TPSA) is 70.1 Å². The lowest BCUT2D eigenvalue weighted by Crippen LogP contribution is -2.50. The molecule has 3 saturated heterocycles. The highest BCUT2D eigenvalue weighted by atomic mass is 16.5. The Hall–Kier alpha value is -1.92. The third kappa shape index (κ3) is 2.47. The van der Waals surface area contributed by atoms with Gasteiger partial charge in [0.15, 0.2) is 5.72 Å². The third-order valence-corrected chi connectivity index (χ3v) is 5.95. The average molecular weight is 344 g/mol. The Balaban J connectivity index is 1.53. The zero-order valence-electron chi connectivity index (χ0n) is 14.6. The van der Waals surface area contributed by atoms with Crippen LogP contribution in [0.5, 0.6) is 0 Å². The maximum Gasteiger partial charge on any atom is 0.335 e. The fraction of sp³-hybridized carbons (Fsp3) is 0.579. The van der Waals surface area contributed by atoms with Crippen LogP contribution in [0.2, 0.25) is 0 Å². The Morgan fingerprint density at radius 3 is 2.72 bits per heavy atom. The molecule has 6 nitrogen and oxygen atoms in total. The van der Waals surface area contributed by atoms with E-state index in [0.29, 0.717) is 31.1 Å². The van der Waals surface area contributed by atoms with Crippen LogP contribution in [0.25, 0.3) is 0 Å². The van der Waals surface area contributed by atoms with Gasteiger partial charge in [-0.2, -0.15) is 0 Å². The number of likely N-dealkylation sites (tertiary alicyclic amines) is 1. The fourth-order valence-corrected chi connectivity index (χ4v) is 4.63. The summed E-state index contributed by atoms with van der Waals surface area (Å²) in [5.74, 6) is -0.324. The van der Waals surface area contributed by atoms with Crippen molar-refractivity contribution < 1.29 is 19.4 Å². The molecule has 1 spiro atoms. The lowest BCUT2D eigenvalue weighted by molar-refractivity contribution is -0.139. The number of carbonyl (C=O) groups excluding carboxylic acids is 1. The minimum absolute atomic E-state index is 0.0860. The van der Waals surface area contributed by atoms with Gasteiger partial charge in [-0.1, -0.05) is 26.0 Å². The second-order valence-electron chi connectivity index (χ2n) is 7.67. The van der Waals surface area contributed by atoms with E-state index < -0.39 is 11.7 Å². The molecule has 1 amide bonds. The number of hydrogen-bond acceptors (Lipinski definition) is 4. The van der Waals surface area contributed by atoms with E-state index in [2.05, 4.69) is 18.7 Å². The number of aromatic carboxylic acids is 1. The number of benzene rings is 1. The minimum Gasteiger partial charge on any atom is -0.478 e. The van der Waals surface area contributed by atoms with Crippen molar-refractivity contribution in [3.05, 3.63) is 35.4 Å². The molecule has 3 heterocycles. The molecule has 134 valence electrons. The van der Waals surface area contributed by atoms with Crippen molar-refractivity contribution in [2.45, 2.75) is 51.0 Å².